The number of alkyl halides is 3. The highest BCUT2D eigenvalue weighted by molar-refractivity contribution is 6.31. The maximum Gasteiger partial charge on any atom is 0.437 e. The molecule has 0 radical (unpaired) electrons. The minimum absolute atomic E-state index is 0.0742. The van der Waals surface area contributed by atoms with Gasteiger partial charge < -0.3 is 29.2 Å². The van der Waals surface area contributed by atoms with Crippen LogP contribution in [0.3, 0.4) is 0 Å². The van der Waals surface area contributed by atoms with Gasteiger partial charge in [-0.2, -0.15) is 18.2 Å². The molecule has 2 aliphatic rings. The average molecular weight is 621 g/mol. The second kappa shape index (κ2) is 13.1. The molecule has 1 aromatic carbocycles. The van der Waals surface area contributed by atoms with Crippen LogP contribution in [0.1, 0.15) is 48.0 Å². The van der Waals surface area contributed by atoms with Crippen LogP contribution < -0.4 is 15.1 Å². The van der Waals surface area contributed by atoms with Crippen LogP contribution in [0.2, 0.25) is 5.02 Å². The number of halogens is 4. The van der Waals surface area contributed by atoms with E-state index in [1.54, 1.807) is 40.1 Å². The van der Waals surface area contributed by atoms with Gasteiger partial charge in [-0.25, -0.2) is 9.78 Å². The van der Waals surface area contributed by atoms with Gasteiger partial charge in [0.1, 0.15) is 12.4 Å². The number of nitrogens with zero attached hydrogens (tertiary/aromatic N) is 5. The van der Waals surface area contributed by atoms with Gasteiger partial charge >= 0.3 is 12.3 Å². The summed E-state index contributed by atoms with van der Waals surface area (Å²) >= 11 is 6.14. The van der Waals surface area contributed by atoms with Gasteiger partial charge in [-0.1, -0.05) is 36.7 Å². The van der Waals surface area contributed by atoms with E-state index in [0.717, 1.165) is 18.4 Å². The summed E-state index contributed by atoms with van der Waals surface area (Å²) in [4.78, 5) is 38.8. The molecule has 0 spiro atoms. The molecule has 4 heterocycles. The van der Waals surface area contributed by atoms with Crippen LogP contribution in [0.25, 0.3) is 0 Å². The highest BCUT2D eigenvalue weighted by Crippen LogP contribution is 2.35. The van der Waals surface area contributed by atoms with Gasteiger partial charge in [-0.3, -0.25) is 4.79 Å². The van der Waals surface area contributed by atoms with Crippen molar-refractivity contribution >= 4 is 41.1 Å². The molecular weight excluding hydrogens is 589 g/mol. The number of rotatable bonds is 6. The number of oxazole rings is 1. The summed E-state index contributed by atoms with van der Waals surface area (Å²) in [6.45, 7) is 5.11. The molecule has 2 aliphatic heterocycles. The van der Waals surface area contributed by atoms with Crippen molar-refractivity contribution in [1.29, 1.82) is 0 Å². The highest BCUT2D eigenvalue weighted by Gasteiger charge is 2.42. The Labute approximate surface area is 251 Å². The Morgan fingerprint density at radius 3 is 2.58 bits per heavy atom. The van der Waals surface area contributed by atoms with Crippen LogP contribution in [-0.4, -0.2) is 66.1 Å². The average Bonchev–Trinajstić information content (AvgIpc) is 3.31. The smallest absolute Gasteiger partial charge is 0.437 e. The normalized spacial score (nSPS) is 17.9. The Balaban J connectivity index is 1.19. The van der Waals surface area contributed by atoms with Crippen LogP contribution in [0, 0.1) is 5.92 Å². The fourth-order valence-electron chi connectivity index (χ4n) is 5.16. The number of carbonyl (C=O) groups excluding carboxylic acids is 2. The van der Waals surface area contributed by atoms with Gasteiger partial charge in [0.25, 0.3) is 11.9 Å². The van der Waals surface area contributed by atoms with Gasteiger partial charge in [0.2, 0.25) is 5.76 Å². The number of anilines is 3. The molecule has 3 aromatic rings. The maximum absolute atomic E-state index is 13.7. The highest BCUT2D eigenvalue weighted by atomic mass is 35.5. The van der Waals surface area contributed by atoms with Crippen LogP contribution in [-0.2, 0) is 17.5 Å². The van der Waals surface area contributed by atoms with Crippen molar-refractivity contribution in [2.24, 2.45) is 5.92 Å². The third-order valence-corrected chi connectivity index (χ3v) is 7.78. The van der Waals surface area contributed by atoms with Crippen molar-refractivity contribution in [1.82, 2.24) is 14.9 Å². The van der Waals surface area contributed by atoms with E-state index in [1.807, 2.05) is 17.9 Å². The molecule has 5 rings (SSSR count). The summed E-state index contributed by atoms with van der Waals surface area (Å²) < 4.78 is 52.0. The summed E-state index contributed by atoms with van der Waals surface area (Å²) in [5.41, 5.74) is -0.436. The summed E-state index contributed by atoms with van der Waals surface area (Å²) in [5, 5.41) is 2.97. The largest absolute Gasteiger partial charge is 0.444 e. The number of aromatic nitrogens is 2. The monoisotopic (exact) mass is 620 g/mol. The zero-order valence-electron chi connectivity index (χ0n) is 23.6. The maximum atomic E-state index is 13.7. The van der Waals surface area contributed by atoms with Crippen molar-refractivity contribution in [3.63, 3.8) is 0 Å². The van der Waals surface area contributed by atoms with Gasteiger partial charge in [-0.05, 0) is 43.4 Å². The Morgan fingerprint density at radius 2 is 1.86 bits per heavy atom. The molecule has 1 atom stereocenters. The number of nitrogens with one attached hydrogen (secondary N) is 1. The van der Waals surface area contributed by atoms with Crippen molar-refractivity contribution in [2.45, 2.75) is 39.0 Å². The first-order valence-electron chi connectivity index (χ1n) is 14.1. The molecule has 0 aliphatic carbocycles. The minimum Gasteiger partial charge on any atom is -0.444 e. The molecule has 10 nitrogen and oxygen atoms in total. The van der Waals surface area contributed by atoms with Crippen LogP contribution in [0.5, 0.6) is 0 Å². The van der Waals surface area contributed by atoms with E-state index in [0.29, 0.717) is 56.5 Å². The second-order valence-electron chi connectivity index (χ2n) is 10.7. The van der Waals surface area contributed by atoms with E-state index in [2.05, 4.69) is 15.3 Å². The number of amides is 2. The number of carbonyl (C=O) groups is 2. The Hall–Kier alpha value is -4.00. The van der Waals surface area contributed by atoms with E-state index in [-0.39, 0.29) is 24.2 Å². The second-order valence-corrected chi connectivity index (χ2v) is 11.1. The van der Waals surface area contributed by atoms with E-state index in [9.17, 15) is 22.8 Å². The lowest BCUT2D eigenvalue weighted by atomic mass is 10.0. The van der Waals surface area contributed by atoms with Crippen molar-refractivity contribution in [3.05, 3.63) is 64.6 Å². The third-order valence-electron chi connectivity index (χ3n) is 7.41. The summed E-state index contributed by atoms with van der Waals surface area (Å²) in [6, 6.07) is 10.2. The lowest BCUT2D eigenvalue weighted by Crippen LogP contribution is -2.35. The predicted molar refractivity (Wildman–Crippen MR) is 154 cm³/mol. The number of benzene rings is 1. The van der Waals surface area contributed by atoms with Gasteiger partial charge in [0, 0.05) is 49.9 Å². The first kappa shape index (κ1) is 30.5. The SMILES string of the molecule is CC1CCCN(c2nc(C(F)(F)F)c(C(=O)Nc3ccc(N4CCCN(C(=O)OCc5ccccc5Cl)CC4)nc3)o2)C1. The lowest BCUT2D eigenvalue weighted by Gasteiger charge is -2.29. The van der Waals surface area contributed by atoms with E-state index < -0.39 is 29.6 Å². The zero-order valence-corrected chi connectivity index (χ0v) is 24.3. The lowest BCUT2D eigenvalue weighted by molar-refractivity contribution is -0.141. The van der Waals surface area contributed by atoms with Gasteiger partial charge in [-0.15, -0.1) is 0 Å². The number of hydrogen-bond donors (Lipinski definition) is 1. The van der Waals surface area contributed by atoms with E-state index in [4.69, 9.17) is 20.8 Å². The molecular formula is C29H32ClF3N6O4. The Kier molecular flexibility index (Phi) is 9.28. The molecule has 2 saturated heterocycles. The fraction of sp³-hybridized carbons (Fsp3) is 0.448. The molecule has 1 unspecified atom stereocenters. The molecule has 2 fully saturated rings. The number of hydrogen-bond acceptors (Lipinski definition) is 8. The van der Waals surface area contributed by atoms with Gasteiger partial charge in [0.05, 0.1) is 11.9 Å². The number of pyridine rings is 1. The summed E-state index contributed by atoms with van der Waals surface area (Å²) in [6.07, 6.45) is -1.49. The Bertz CT molecular complexity index is 1430. The topological polar surface area (TPSA) is 104 Å². The molecule has 0 saturated carbocycles. The molecule has 2 aromatic heterocycles. The third kappa shape index (κ3) is 7.51. The quantitative estimate of drug-likeness (QED) is 0.354. The Morgan fingerprint density at radius 1 is 1.07 bits per heavy atom. The first-order chi connectivity index (χ1) is 20.6. The molecule has 43 heavy (non-hydrogen) atoms. The first-order valence-corrected chi connectivity index (χ1v) is 14.5. The van der Waals surface area contributed by atoms with E-state index >= 15 is 0 Å². The summed E-state index contributed by atoms with van der Waals surface area (Å²) in [7, 11) is 0. The van der Waals surface area contributed by atoms with Crippen molar-refractivity contribution < 1.29 is 31.9 Å². The molecule has 2 amide bonds. The fourth-order valence-corrected chi connectivity index (χ4v) is 5.35. The predicted octanol–water partition coefficient (Wildman–Crippen LogP) is 6.08. The number of piperidine rings is 1. The van der Waals surface area contributed by atoms with E-state index in [1.165, 1.54) is 6.20 Å². The molecule has 1 N–H and O–H groups in total. The standard InChI is InChI=1S/C29H32ClF3N6O4/c1-19-6-4-11-39(17-19)27-36-25(29(31,32)33)24(43-27)26(40)35-21-9-10-23(34-16-21)37-12-5-13-38(15-14-37)28(41)42-18-20-7-2-3-8-22(20)30/h2-3,7-10,16,19H,4-6,11-15,17-18H2,1H3,(H,35,40). The molecule has 0 bridgehead atoms. The van der Waals surface area contributed by atoms with Crippen LogP contribution in [0.4, 0.5) is 35.5 Å². The van der Waals surface area contributed by atoms with Crippen molar-refractivity contribution in [3.8, 4) is 0 Å². The van der Waals surface area contributed by atoms with Crippen LogP contribution >= 0.6 is 11.6 Å². The van der Waals surface area contributed by atoms with Crippen LogP contribution in [0.15, 0.2) is 47.0 Å². The van der Waals surface area contributed by atoms with Gasteiger partial charge in [0.15, 0.2) is 5.69 Å². The molecule has 230 valence electrons. The minimum atomic E-state index is -4.86. The zero-order chi connectivity index (χ0) is 30.6. The summed E-state index contributed by atoms with van der Waals surface area (Å²) in [5.74, 6) is -1.08. The molecule has 14 heteroatoms. The van der Waals surface area contributed by atoms with Crippen molar-refractivity contribution in [2.75, 3.05) is 54.4 Å². The number of ether oxygens (including phenoxy) is 1.